The average molecular weight is 444 g/mol. The van der Waals surface area contributed by atoms with E-state index in [9.17, 15) is 9.90 Å². The first kappa shape index (κ1) is 19.9. The van der Waals surface area contributed by atoms with Crippen LogP contribution in [-0.4, -0.2) is 40.8 Å². The van der Waals surface area contributed by atoms with E-state index in [1.54, 1.807) is 23.2 Å². The summed E-state index contributed by atoms with van der Waals surface area (Å²) in [6.07, 6.45) is 5.70. The molecular formula is C21H22BrN3O3. The van der Waals surface area contributed by atoms with E-state index in [4.69, 9.17) is 4.74 Å². The highest BCUT2D eigenvalue weighted by Crippen LogP contribution is 2.21. The largest absolute Gasteiger partial charge is 0.492 e. The SMILES string of the molecule is CN(CCOc1ccc(C[C@H](C(=O)O)n2ccc(Br)c2)cc1)c1ccccn1. The number of halogens is 1. The second-order valence-electron chi connectivity index (χ2n) is 6.44. The molecule has 0 saturated heterocycles. The van der Waals surface area contributed by atoms with Gasteiger partial charge in [-0.2, -0.15) is 0 Å². The van der Waals surface area contributed by atoms with Crippen molar-refractivity contribution in [3.63, 3.8) is 0 Å². The number of aliphatic carboxylic acids is 1. The minimum absolute atomic E-state index is 0.402. The third kappa shape index (κ3) is 5.36. The Morgan fingerprint density at radius 1 is 1.25 bits per heavy atom. The molecule has 28 heavy (non-hydrogen) atoms. The lowest BCUT2D eigenvalue weighted by Crippen LogP contribution is -2.24. The number of carboxylic acid groups (broad SMARTS) is 1. The number of ether oxygens (including phenoxy) is 1. The summed E-state index contributed by atoms with van der Waals surface area (Å²) in [6.45, 7) is 1.24. The third-order valence-corrected chi connectivity index (χ3v) is 4.88. The second kappa shape index (κ2) is 9.41. The van der Waals surface area contributed by atoms with Crippen molar-refractivity contribution >= 4 is 27.7 Å². The first-order valence-electron chi connectivity index (χ1n) is 8.92. The summed E-state index contributed by atoms with van der Waals surface area (Å²) in [5, 5.41) is 9.54. The molecule has 1 atom stereocenters. The van der Waals surface area contributed by atoms with Crippen LogP contribution in [0.25, 0.3) is 0 Å². The Kier molecular flexibility index (Phi) is 6.71. The fraction of sp³-hybridized carbons (Fsp3) is 0.238. The van der Waals surface area contributed by atoms with Crippen LogP contribution in [0.5, 0.6) is 5.75 Å². The average Bonchev–Trinajstić information content (AvgIpc) is 3.13. The Hall–Kier alpha value is -2.80. The van der Waals surface area contributed by atoms with Crippen LogP contribution in [0.3, 0.4) is 0 Å². The van der Waals surface area contributed by atoms with E-state index in [0.717, 1.165) is 21.6 Å². The fourth-order valence-electron chi connectivity index (χ4n) is 2.84. The summed E-state index contributed by atoms with van der Waals surface area (Å²) in [5.74, 6) is 0.799. The molecule has 3 aromatic rings. The molecule has 0 spiro atoms. The number of aromatic nitrogens is 2. The van der Waals surface area contributed by atoms with Crippen molar-refractivity contribution in [3.8, 4) is 5.75 Å². The normalized spacial score (nSPS) is 11.8. The highest BCUT2D eigenvalue weighted by atomic mass is 79.9. The minimum Gasteiger partial charge on any atom is -0.492 e. The van der Waals surface area contributed by atoms with Gasteiger partial charge in [0.1, 0.15) is 24.2 Å². The smallest absolute Gasteiger partial charge is 0.327 e. The van der Waals surface area contributed by atoms with E-state index >= 15 is 0 Å². The van der Waals surface area contributed by atoms with Gasteiger partial charge in [0.2, 0.25) is 0 Å². The first-order chi connectivity index (χ1) is 13.5. The molecule has 0 aliphatic rings. The maximum atomic E-state index is 11.6. The molecule has 2 aromatic heterocycles. The Labute approximate surface area is 172 Å². The Bertz CT molecular complexity index is 897. The molecule has 0 radical (unpaired) electrons. The zero-order valence-corrected chi connectivity index (χ0v) is 17.1. The van der Waals surface area contributed by atoms with Gasteiger partial charge in [-0.15, -0.1) is 0 Å². The van der Waals surface area contributed by atoms with Gasteiger partial charge in [0.15, 0.2) is 0 Å². The van der Waals surface area contributed by atoms with Crippen LogP contribution in [0.15, 0.2) is 71.6 Å². The number of carbonyl (C=O) groups is 1. The number of rotatable bonds is 9. The topological polar surface area (TPSA) is 67.6 Å². The first-order valence-corrected chi connectivity index (χ1v) is 9.72. The molecule has 0 bridgehead atoms. The van der Waals surface area contributed by atoms with Crippen molar-refractivity contribution in [2.24, 2.45) is 0 Å². The van der Waals surface area contributed by atoms with Gasteiger partial charge >= 0.3 is 5.97 Å². The van der Waals surface area contributed by atoms with Crippen molar-refractivity contribution in [3.05, 3.63) is 77.2 Å². The molecule has 6 nitrogen and oxygen atoms in total. The number of anilines is 1. The zero-order chi connectivity index (χ0) is 19.9. The van der Waals surface area contributed by atoms with Gasteiger partial charge in [0, 0.05) is 36.5 Å². The van der Waals surface area contributed by atoms with Crippen LogP contribution in [-0.2, 0) is 11.2 Å². The lowest BCUT2D eigenvalue weighted by Gasteiger charge is -2.18. The summed E-state index contributed by atoms with van der Waals surface area (Å²) < 4.78 is 8.35. The van der Waals surface area contributed by atoms with Gasteiger partial charge in [-0.05, 0) is 51.8 Å². The third-order valence-electron chi connectivity index (χ3n) is 4.41. The molecule has 0 saturated carbocycles. The summed E-state index contributed by atoms with van der Waals surface area (Å²) in [7, 11) is 1.97. The van der Waals surface area contributed by atoms with Gasteiger partial charge in [-0.3, -0.25) is 0 Å². The molecule has 7 heteroatoms. The zero-order valence-electron chi connectivity index (χ0n) is 15.5. The van der Waals surface area contributed by atoms with E-state index in [1.807, 2.05) is 60.5 Å². The Morgan fingerprint density at radius 3 is 2.64 bits per heavy atom. The fourth-order valence-corrected chi connectivity index (χ4v) is 3.19. The number of hydrogen-bond acceptors (Lipinski definition) is 4. The molecule has 0 aliphatic heterocycles. The summed E-state index contributed by atoms with van der Waals surface area (Å²) in [6, 6.07) is 14.5. The Morgan fingerprint density at radius 2 is 2.04 bits per heavy atom. The van der Waals surface area contributed by atoms with Gasteiger partial charge in [-0.1, -0.05) is 18.2 Å². The molecule has 3 rings (SSSR count). The second-order valence-corrected chi connectivity index (χ2v) is 7.35. The number of benzene rings is 1. The van der Waals surface area contributed by atoms with E-state index in [0.29, 0.717) is 19.6 Å². The molecular weight excluding hydrogens is 422 g/mol. The van der Waals surface area contributed by atoms with Crippen LogP contribution in [0.2, 0.25) is 0 Å². The highest BCUT2D eigenvalue weighted by molar-refractivity contribution is 9.10. The molecule has 0 aliphatic carbocycles. The van der Waals surface area contributed by atoms with Gasteiger partial charge in [-0.25, -0.2) is 9.78 Å². The number of hydrogen-bond donors (Lipinski definition) is 1. The molecule has 1 aromatic carbocycles. The lowest BCUT2D eigenvalue weighted by molar-refractivity contribution is -0.140. The molecule has 0 fully saturated rings. The maximum Gasteiger partial charge on any atom is 0.327 e. The summed E-state index contributed by atoms with van der Waals surface area (Å²) >= 11 is 3.36. The summed E-state index contributed by atoms with van der Waals surface area (Å²) in [5.41, 5.74) is 0.940. The molecule has 0 amide bonds. The predicted molar refractivity (Wildman–Crippen MR) is 112 cm³/mol. The van der Waals surface area contributed by atoms with Gasteiger partial charge < -0.3 is 19.3 Å². The number of carboxylic acids is 1. The van der Waals surface area contributed by atoms with Crippen LogP contribution < -0.4 is 9.64 Å². The predicted octanol–water partition coefficient (Wildman–Crippen LogP) is 4.03. The van der Waals surface area contributed by atoms with Crippen LogP contribution in [0, 0.1) is 0 Å². The molecule has 146 valence electrons. The van der Waals surface area contributed by atoms with Gasteiger partial charge in [0.05, 0.1) is 6.54 Å². The highest BCUT2D eigenvalue weighted by Gasteiger charge is 2.19. The van der Waals surface area contributed by atoms with Crippen LogP contribution >= 0.6 is 15.9 Å². The number of pyridine rings is 1. The molecule has 1 N–H and O–H groups in total. The van der Waals surface area contributed by atoms with E-state index in [2.05, 4.69) is 20.9 Å². The minimum atomic E-state index is -0.860. The van der Waals surface area contributed by atoms with Crippen molar-refractivity contribution in [1.29, 1.82) is 0 Å². The number of likely N-dealkylation sites (N-methyl/N-ethyl adjacent to an activating group) is 1. The molecule has 0 unspecified atom stereocenters. The van der Waals surface area contributed by atoms with Crippen LogP contribution in [0.4, 0.5) is 5.82 Å². The van der Waals surface area contributed by atoms with E-state index in [-0.39, 0.29) is 0 Å². The van der Waals surface area contributed by atoms with Gasteiger partial charge in [0.25, 0.3) is 0 Å². The standard InChI is InChI=1S/C21H22BrN3O3/c1-24(20-4-2-3-10-23-20)12-13-28-18-7-5-16(6-8-18)14-19(21(26)27)25-11-9-17(22)15-25/h2-11,15,19H,12-14H2,1H3,(H,26,27)/t19-/m1/s1. The van der Waals surface area contributed by atoms with E-state index < -0.39 is 12.0 Å². The van der Waals surface area contributed by atoms with Crippen molar-refractivity contribution in [2.45, 2.75) is 12.5 Å². The van der Waals surface area contributed by atoms with Crippen molar-refractivity contribution < 1.29 is 14.6 Å². The van der Waals surface area contributed by atoms with Crippen molar-refractivity contribution in [2.75, 3.05) is 25.1 Å². The van der Waals surface area contributed by atoms with Crippen LogP contribution in [0.1, 0.15) is 11.6 Å². The quantitative estimate of drug-likeness (QED) is 0.540. The maximum absolute atomic E-state index is 11.6. The number of nitrogens with zero attached hydrogens (tertiary/aromatic N) is 3. The van der Waals surface area contributed by atoms with Crippen molar-refractivity contribution in [1.82, 2.24) is 9.55 Å². The monoisotopic (exact) mass is 443 g/mol. The molecule has 2 heterocycles. The Balaban J connectivity index is 1.53. The lowest BCUT2D eigenvalue weighted by atomic mass is 10.1. The summed E-state index contributed by atoms with van der Waals surface area (Å²) in [4.78, 5) is 18.0. The van der Waals surface area contributed by atoms with E-state index in [1.165, 1.54) is 0 Å².